The van der Waals surface area contributed by atoms with E-state index in [2.05, 4.69) is 33.0 Å². The van der Waals surface area contributed by atoms with Crippen LogP contribution >= 0.6 is 0 Å². The van der Waals surface area contributed by atoms with Crippen LogP contribution in [0.4, 0.5) is 0 Å². The average molecular weight is 409 g/mol. The molecule has 2 aliphatic rings. The predicted octanol–water partition coefficient (Wildman–Crippen LogP) is -0.955. The Balaban J connectivity index is 0. The molecule has 2 nitrogen and oxygen atoms in total. The molecule has 2 atom stereocenters. The van der Waals surface area contributed by atoms with Crippen molar-refractivity contribution in [2.24, 2.45) is 5.41 Å². The monoisotopic (exact) mass is 408 g/mol. The summed E-state index contributed by atoms with van der Waals surface area (Å²) in [5, 5.41) is 0. The van der Waals surface area contributed by atoms with Crippen molar-refractivity contribution in [3.63, 3.8) is 0 Å². The van der Waals surface area contributed by atoms with Gasteiger partial charge in [-0.2, -0.15) is 0 Å². The maximum absolute atomic E-state index is 12.4. The molecule has 0 aliphatic heterocycles. The molecule has 0 aromatic rings. The molecule has 23 heavy (non-hydrogen) atoms. The van der Waals surface area contributed by atoms with Gasteiger partial charge in [-0.15, -0.1) is 0 Å². The second-order valence-electron chi connectivity index (χ2n) is 6.90. The summed E-state index contributed by atoms with van der Waals surface area (Å²) in [4.78, 5) is 12.4. The van der Waals surface area contributed by atoms with E-state index in [0.29, 0.717) is 5.54 Å². The zero-order valence-electron chi connectivity index (χ0n) is 14.6. The van der Waals surface area contributed by atoms with Gasteiger partial charge in [-0.05, 0) is 37.3 Å². The first-order chi connectivity index (χ1) is 9.43. The molecule has 1 N–H and O–H groups in total. The first kappa shape index (κ1) is 25.7. The van der Waals surface area contributed by atoms with E-state index >= 15 is 0 Å². The Morgan fingerprint density at radius 1 is 1.35 bits per heavy atom. The molecular weight excluding hydrogens is 381 g/mol. The quantitative estimate of drug-likeness (QED) is 0.552. The Kier molecular flexibility index (Phi) is 11.7. The van der Waals surface area contributed by atoms with Gasteiger partial charge in [-0.25, -0.2) is 0 Å². The van der Waals surface area contributed by atoms with Gasteiger partial charge < -0.3 is 35.3 Å². The van der Waals surface area contributed by atoms with Gasteiger partial charge in [0.25, 0.3) is 0 Å². The summed E-state index contributed by atoms with van der Waals surface area (Å²) in [6.45, 7) is 9.08. The minimum absolute atomic E-state index is 0. The predicted molar refractivity (Wildman–Crippen MR) is 88.5 cm³/mol. The number of allylic oxidation sites excluding steroid dienone is 3. The van der Waals surface area contributed by atoms with E-state index in [4.69, 9.17) is 5.73 Å². The van der Waals surface area contributed by atoms with Crippen molar-refractivity contribution in [2.75, 3.05) is 0 Å². The molecule has 0 aromatic heterocycles. The Labute approximate surface area is 170 Å². The van der Waals surface area contributed by atoms with Crippen LogP contribution in [0.1, 0.15) is 52.4 Å². The van der Waals surface area contributed by atoms with Crippen molar-refractivity contribution < 1.29 is 51.3 Å². The van der Waals surface area contributed by atoms with Gasteiger partial charge in [-0.1, -0.05) is 56.5 Å². The minimum atomic E-state index is -0.939. The number of carbonyl (C=O) groups excluding carboxylic acids is 1. The third kappa shape index (κ3) is 4.76. The molecular formula is C17H28Cl2NOSiTi. The number of nitrogens with one attached hydrogen (secondary N) is 1. The Morgan fingerprint density at radius 3 is 2.39 bits per heavy atom. The zero-order valence-corrected chi connectivity index (χ0v) is 18.9. The normalized spacial score (nSPS) is 26.8. The molecule has 129 valence electrons. The molecule has 0 spiro atoms. The second kappa shape index (κ2) is 10.5. The van der Waals surface area contributed by atoms with Crippen LogP contribution in [0.2, 0.25) is 18.6 Å². The Hall–Kier alpha value is 0.461. The summed E-state index contributed by atoms with van der Waals surface area (Å²) in [6, 6.07) is 0. The third-order valence-electron chi connectivity index (χ3n) is 5.49. The van der Waals surface area contributed by atoms with Gasteiger partial charge in [0.15, 0.2) is 0 Å². The molecule has 0 bridgehead atoms. The standard InChI is InChI=1S/C17H29NOSi.2ClH.Ti/c1-5-13-11-14(10-12(13)2)17(16(18)19)9-7-6-8-15(17)20(3)4;;;/h11,15,20H,5-10H2,1-4H3,(H2,18,19);2*1H;/q;;;+3/p-3. The second-order valence-corrected chi connectivity index (χ2v) is 10.2. The van der Waals surface area contributed by atoms with Crippen molar-refractivity contribution in [1.82, 2.24) is 0 Å². The van der Waals surface area contributed by atoms with E-state index in [1.165, 1.54) is 23.1 Å². The van der Waals surface area contributed by atoms with Crippen molar-refractivity contribution in [3.05, 3.63) is 28.5 Å². The molecule has 0 heterocycles. The van der Waals surface area contributed by atoms with Crippen molar-refractivity contribution in [3.8, 4) is 0 Å². The topological polar surface area (TPSA) is 40.9 Å². The number of amides is 1. The van der Waals surface area contributed by atoms with Crippen molar-refractivity contribution in [1.29, 1.82) is 0 Å². The van der Waals surface area contributed by atoms with Crippen LogP contribution in [-0.2, 0) is 26.5 Å². The fourth-order valence-corrected chi connectivity index (χ4v) is 6.98. The van der Waals surface area contributed by atoms with E-state index in [1.807, 2.05) is 0 Å². The summed E-state index contributed by atoms with van der Waals surface area (Å²) in [6.07, 6.45) is 8.68. The SMILES string of the molecule is CCC1=C(C)CC(C2(C([NH-])=O)CCCCC2[SiH](C)C)=C1.[Cl-].[Cl-].[Ti+3]. The van der Waals surface area contributed by atoms with Gasteiger partial charge in [0.1, 0.15) is 0 Å². The van der Waals surface area contributed by atoms with E-state index < -0.39 is 14.2 Å². The van der Waals surface area contributed by atoms with E-state index in [1.54, 1.807) is 0 Å². The number of carbonyl (C=O) groups is 1. The fraction of sp³-hybridized carbons (Fsp3) is 0.706. The number of rotatable bonds is 4. The maximum atomic E-state index is 12.4. The summed E-state index contributed by atoms with van der Waals surface area (Å²) < 4.78 is 0. The number of hydrogen-bond acceptors (Lipinski definition) is 1. The summed E-state index contributed by atoms with van der Waals surface area (Å²) in [5.41, 5.74) is 12.2. The largest absolute Gasteiger partial charge is 3.00 e. The van der Waals surface area contributed by atoms with Gasteiger partial charge in [0.2, 0.25) is 0 Å². The maximum Gasteiger partial charge on any atom is 3.00 e. The van der Waals surface area contributed by atoms with Crippen LogP contribution in [0, 0.1) is 5.41 Å². The average Bonchev–Trinajstić information content (AvgIpc) is 2.79. The van der Waals surface area contributed by atoms with Crippen LogP contribution in [0.5, 0.6) is 0 Å². The first-order valence-electron chi connectivity index (χ1n) is 8.09. The number of halogens is 2. The molecule has 6 heteroatoms. The van der Waals surface area contributed by atoms with E-state index in [9.17, 15) is 4.79 Å². The zero-order chi connectivity index (χ0) is 14.9. The smallest absolute Gasteiger partial charge is 1.00 e. The van der Waals surface area contributed by atoms with Crippen LogP contribution < -0.4 is 24.8 Å². The van der Waals surface area contributed by atoms with E-state index in [-0.39, 0.29) is 52.4 Å². The Morgan fingerprint density at radius 2 is 1.96 bits per heavy atom. The fourth-order valence-electron chi connectivity index (χ4n) is 4.40. The molecule has 2 aliphatic carbocycles. The molecule has 1 amide bonds. The van der Waals surface area contributed by atoms with Gasteiger partial charge >= 0.3 is 21.7 Å². The van der Waals surface area contributed by atoms with Crippen LogP contribution in [0.15, 0.2) is 22.8 Å². The van der Waals surface area contributed by atoms with E-state index in [0.717, 1.165) is 32.1 Å². The first-order valence-corrected chi connectivity index (χ1v) is 11.1. The number of hydrogen-bond donors (Lipinski definition) is 0. The molecule has 0 saturated heterocycles. The molecule has 1 saturated carbocycles. The summed E-state index contributed by atoms with van der Waals surface area (Å²) >= 11 is 0. The molecule has 0 aromatic carbocycles. The minimum Gasteiger partial charge on any atom is -1.00 e. The molecule has 2 unspecified atom stereocenters. The van der Waals surface area contributed by atoms with Crippen LogP contribution in [0.25, 0.3) is 5.73 Å². The summed E-state index contributed by atoms with van der Waals surface area (Å²) in [7, 11) is -0.939. The van der Waals surface area contributed by atoms with Crippen molar-refractivity contribution in [2.45, 2.75) is 71.0 Å². The third-order valence-corrected chi connectivity index (χ3v) is 8.00. The molecule has 2 rings (SSSR count). The van der Waals surface area contributed by atoms with Gasteiger partial charge in [-0.3, -0.25) is 0 Å². The van der Waals surface area contributed by atoms with Gasteiger partial charge in [0.05, 0.1) is 5.91 Å². The van der Waals surface area contributed by atoms with Crippen molar-refractivity contribution >= 4 is 14.7 Å². The van der Waals surface area contributed by atoms with Crippen LogP contribution in [-0.4, -0.2) is 14.7 Å². The molecule has 1 fully saturated rings. The summed E-state index contributed by atoms with van der Waals surface area (Å²) in [5.74, 6) is -0.306. The molecule has 1 radical (unpaired) electrons. The van der Waals surface area contributed by atoms with Crippen LogP contribution in [0.3, 0.4) is 0 Å². The van der Waals surface area contributed by atoms with Gasteiger partial charge in [0, 0.05) is 14.2 Å². The Bertz CT molecular complexity index is 479.